The minimum atomic E-state index is -4.93. The Kier molecular flexibility index (Phi) is 5.41. The van der Waals surface area contributed by atoms with Gasteiger partial charge in [0.2, 0.25) is 11.8 Å². The summed E-state index contributed by atoms with van der Waals surface area (Å²) in [7, 11) is 1.40. The summed E-state index contributed by atoms with van der Waals surface area (Å²) in [6.07, 6.45) is -4.63. The molecule has 154 valence electrons. The summed E-state index contributed by atoms with van der Waals surface area (Å²) >= 11 is 23.7. The number of ether oxygens (including phenoxy) is 1. The number of benzene rings is 1. The molecule has 1 aromatic carbocycles. The summed E-state index contributed by atoms with van der Waals surface area (Å²) in [4.78, 5) is 26.3. The molecule has 0 bridgehead atoms. The van der Waals surface area contributed by atoms with E-state index in [1.54, 1.807) is 0 Å². The molecule has 2 amide bonds. The van der Waals surface area contributed by atoms with Crippen molar-refractivity contribution < 1.29 is 27.5 Å². The first-order chi connectivity index (χ1) is 12.8. The van der Waals surface area contributed by atoms with Crippen LogP contribution in [0.5, 0.6) is 5.75 Å². The van der Waals surface area contributed by atoms with Crippen LogP contribution in [0.25, 0.3) is 0 Å². The second kappa shape index (κ2) is 7.00. The predicted molar refractivity (Wildman–Crippen MR) is 99.3 cm³/mol. The molecule has 1 aromatic rings. The largest absolute Gasteiger partial charge is 0.573 e. The molecule has 1 saturated carbocycles. The highest BCUT2D eigenvalue weighted by molar-refractivity contribution is 6.62. The van der Waals surface area contributed by atoms with Crippen LogP contribution in [-0.2, 0) is 9.59 Å². The molecule has 2 aliphatic rings. The molecular weight excluding hydrogens is 467 g/mol. The number of nitrogens with zero attached hydrogens (tertiary/aromatic N) is 2. The molecule has 0 aromatic heterocycles. The van der Waals surface area contributed by atoms with Crippen LogP contribution >= 0.6 is 46.4 Å². The number of carbonyl (C=O) groups excluding carboxylic acids is 2. The predicted octanol–water partition coefficient (Wildman–Crippen LogP) is 4.36. The number of halogens is 7. The fraction of sp³-hybridized carbons (Fsp3) is 0.500. The van der Waals surface area contributed by atoms with Crippen molar-refractivity contribution in [2.45, 2.75) is 34.5 Å². The van der Waals surface area contributed by atoms with E-state index in [9.17, 15) is 22.8 Å². The number of rotatable bonds is 4. The van der Waals surface area contributed by atoms with Crippen molar-refractivity contribution in [1.29, 1.82) is 0 Å². The molecule has 12 heteroatoms. The zero-order chi connectivity index (χ0) is 21.1. The lowest BCUT2D eigenvalue weighted by atomic mass is 10.2. The van der Waals surface area contributed by atoms with Gasteiger partial charge < -0.3 is 14.5 Å². The number of alkyl halides is 6. The van der Waals surface area contributed by atoms with Gasteiger partial charge in [-0.1, -0.05) is 34.8 Å². The zero-order valence-electron chi connectivity index (χ0n) is 14.2. The van der Waals surface area contributed by atoms with Gasteiger partial charge in [-0.05, 0) is 18.6 Å². The van der Waals surface area contributed by atoms with E-state index in [0.29, 0.717) is 0 Å². The lowest BCUT2D eigenvalue weighted by Crippen LogP contribution is -2.47. The second-order valence-corrected chi connectivity index (χ2v) is 9.09. The second-order valence-electron chi connectivity index (χ2n) is 6.56. The van der Waals surface area contributed by atoms with Crippen molar-refractivity contribution >= 4 is 63.9 Å². The Morgan fingerprint density at radius 2 is 1.93 bits per heavy atom. The molecule has 0 radical (unpaired) electrons. The Morgan fingerprint density at radius 3 is 2.46 bits per heavy atom. The third-order valence-electron chi connectivity index (χ3n) is 4.68. The van der Waals surface area contributed by atoms with E-state index < -0.39 is 39.2 Å². The standard InChI is InChI=1S/C16H13Cl4F3N2O3/c1-24(13(27)14(18)7-15(14,19)20)10-4-5-25(12(10)26)8-2-3-9(17)11(6-8)28-16(21,22)23/h2-3,6,10H,4-5,7H2,1H3. The third-order valence-corrected chi connectivity index (χ3v) is 6.71. The van der Waals surface area contributed by atoms with Crippen LogP contribution in [0.1, 0.15) is 12.8 Å². The first-order valence-electron chi connectivity index (χ1n) is 7.97. The Hall–Kier alpha value is -1.09. The summed E-state index contributed by atoms with van der Waals surface area (Å²) in [5.74, 6) is -1.69. The first-order valence-corrected chi connectivity index (χ1v) is 9.49. The molecule has 1 saturated heterocycles. The molecular formula is C16H13Cl4F3N2O3. The van der Waals surface area contributed by atoms with Gasteiger partial charge in [-0.3, -0.25) is 9.59 Å². The average Bonchev–Trinajstić information content (AvgIpc) is 2.90. The van der Waals surface area contributed by atoms with Gasteiger partial charge >= 0.3 is 6.36 Å². The van der Waals surface area contributed by atoms with Crippen LogP contribution in [-0.4, -0.2) is 51.9 Å². The van der Waals surface area contributed by atoms with Gasteiger partial charge in [-0.2, -0.15) is 0 Å². The van der Waals surface area contributed by atoms with Crippen LogP contribution < -0.4 is 9.64 Å². The SMILES string of the molecule is CN(C(=O)C1(Cl)CC1(Cl)Cl)C1CCN(c2ccc(Cl)c(OC(F)(F)F)c2)C1=O. The Bertz CT molecular complexity index is 836. The highest BCUT2D eigenvalue weighted by Crippen LogP contribution is 2.62. The molecule has 5 nitrogen and oxygen atoms in total. The number of hydrogen-bond acceptors (Lipinski definition) is 3. The summed E-state index contributed by atoms with van der Waals surface area (Å²) < 4.78 is 40.0. The molecule has 1 heterocycles. The number of anilines is 1. The maximum atomic E-state index is 12.8. The summed E-state index contributed by atoms with van der Waals surface area (Å²) in [6.45, 7) is 0.177. The van der Waals surface area contributed by atoms with Crippen molar-refractivity contribution in [3.63, 3.8) is 0 Å². The minimum Gasteiger partial charge on any atom is -0.404 e. The maximum Gasteiger partial charge on any atom is 0.573 e. The fourth-order valence-corrected chi connectivity index (χ4v) is 4.25. The first kappa shape index (κ1) is 21.6. The number of hydrogen-bond donors (Lipinski definition) is 0. The van der Waals surface area contributed by atoms with Crippen molar-refractivity contribution in [3.05, 3.63) is 23.2 Å². The average molecular weight is 480 g/mol. The third kappa shape index (κ3) is 3.84. The molecule has 2 fully saturated rings. The van der Waals surface area contributed by atoms with Gasteiger partial charge in [-0.15, -0.1) is 24.8 Å². The lowest BCUT2D eigenvalue weighted by molar-refractivity contribution is -0.274. The molecule has 2 unspecified atom stereocenters. The summed E-state index contributed by atoms with van der Waals surface area (Å²) in [5.41, 5.74) is 0.160. The molecule has 28 heavy (non-hydrogen) atoms. The van der Waals surface area contributed by atoms with Crippen molar-refractivity contribution in [1.82, 2.24) is 4.90 Å². The van der Waals surface area contributed by atoms with Crippen LogP contribution in [0.15, 0.2) is 18.2 Å². The molecule has 1 aliphatic carbocycles. The maximum absolute atomic E-state index is 12.8. The van der Waals surface area contributed by atoms with Gasteiger partial charge in [0, 0.05) is 31.8 Å². The van der Waals surface area contributed by atoms with Gasteiger partial charge in [0.1, 0.15) is 16.1 Å². The Balaban J connectivity index is 1.77. The van der Waals surface area contributed by atoms with E-state index >= 15 is 0 Å². The molecule has 3 rings (SSSR count). The number of carbonyl (C=O) groups is 2. The van der Waals surface area contributed by atoms with Crippen molar-refractivity contribution in [3.8, 4) is 5.75 Å². The normalized spacial score (nSPS) is 26.4. The molecule has 0 N–H and O–H groups in total. The van der Waals surface area contributed by atoms with Crippen molar-refractivity contribution in [2.75, 3.05) is 18.5 Å². The van der Waals surface area contributed by atoms with Gasteiger partial charge in [0.15, 0.2) is 4.87 Å². The molecule has 1 aliphatic heterocycles. The zero-order valence-corrected chi connectivity index (χ0v) is 17.2. The van der Waals surface area contributed by atoms with E-state index in [0.717, 1.165) is 6.07 Å². The topological polar surface area (TPSA) is 49.9 Å². The Labute approximate surface area is 178 Å². The van der Waals surface area contributed by atoms with Crippen LogP contribution in [0, 0.1) is 0 Å². The van der Waals surface area contributed by atoms with Gasteiger partial charge in [0.05, 0.1) is 5.02 Å². The highest BCUT2D eigenvalue weighted by atomic mass is 35.5. The lowest BCUT2D eigenvalue weighted by Gasteiger charge is -2.26. The van der Waals surface area contributed by atoms with Crippen molar-refractivity contribution in [2.24, 2.45) is 0 Å². The van der Waals surface area contributed by atoms with Crippen LogP contribution in [0.2, 0.25) is 5.02 Å². The van der Waals surface area contributed by atoms with Gasteiger partial charge in [-0.25, -0.2) is 0 Å². The fourth-order valence-electron chi connectivity index (χ4n) is 3.06. The number of likely N-dealkylation sites (N-methyl/N-ethyl adjacent to an activating group) is 1. The smallest absolute Gasteiger partial charge is 0.404 e. The summed E-state index contributed by atoms with van der Waals surface area (Å²) in [5, 5.41) is -0.255. The number of amides is 2. The van der Waals surface area contributed by atoms with E-state index in [4.69, 9.17) is 46.4 Å². The van der Waals surface area contributed by atoms with Gasteiger partial charge in [0.25, 0.3) is 0 Å². The summed E-state index contributed by atoms with van der Waals surface area (Å²) in [6, 6.07) is 2.75. The van der Waals surface area contributed by atoms with Crippen LogP contribution in [0.3, 0.4) is 0 Å². The minimum absolute atomic E-state index is 0.0494. The van der Waals surface area contributed by atoms with E-state index in [1.165, 1.54) is 29.0 Å². The monoisotopic (exact) mass is 478 g/mol. The van der Waals surface area contributed by atoms with E-state index in [-0.39, 0.29) is 30.1 Å². The quantitative estimate of drug-likeness (QED) is 0.603. The highest BCUT2D eigenvalue weighted by Gasteiger charge is 2.72. The Morgan fingerprint density at radius 1 is 1.32 bits per heavy atom. The van der Waals surface area contributed by atoms with Crippen LogP contribution in [0.4, 0.5) is 18.9 Å². The molecule has 0 spiro atoms. The van der Waals surface area contributed by atoms with E-state index in [1.807, 2.05) is 0 Å². The van der Waals surface area contributed by atoms with E-state index in [2.05, 4.69) is 4.74 Å². The molecule has 2 atom stereocenters.